The van der Waals surface area contributed by atoms with Crippen molar-refractivity contribution in [3.63, 3.8) is 0 Å². The van der Waals surface area contributed by atoms with Crippen LogP contribution in [0.25, 0.3) is 0 Å². The number of rotatable bonds is 5. The molecule has 5 nitrogen and oxygen atoms in total. The second kappa shape index (κ2) is 6.10. The molecule has 2 N–H and O–H groups in total. The largest absolute Gasteiger partial charge is 0.395 e. The number of hydrogen-bond donors (Lipinski definition) is 2. The van der Waals surface area contributed by atoms with Crippen LogP contribution in [0.15, 0.2) is 36.7 Å². The number of aliphatic hydroxyl groups is 1. The minimum absolute atomic E-state index is 0.0568. The molecule has 0 saturated carbocycles. The Labute approximate surface area is 110 Å². The highest BCUT2D eigenvalue weighted by atomic mass is 19.1. The van der Waals surface area contributed by atoms with E-state index in [1.165, 1.54) is 18.5 Å². The standard InChI is InChI=1S/C13H15FN4O/c1-18(6-7-19)13-8-12(15-9-16-13)17-11-4-2-10(14)3-5-11/h2-5,8-9,19H,6-7H2,1H3,(H,15,16,17). The molecule has 0 fully saturated rings. The minimum Gasteiger partial charge on any atom is -0.395 e. The van der Waals surface area contributed by atoms with Crippen LogP contribution in [0, 0.1) is 5.82 Å². The molecule has 1 aromatic heterocycles. The molecular formula is C13H15FN4O. The second-order valence-corrected chi connectivity index (χ2v) is 4.04. The Hall–Kier alpha value is -2.21. The lowest BCUT2D eigenvalue weighted by molar-refractivity contribution is 0.304. The van der Waals surface area contributed by atoms with Crippen molar-refractivity contribution in [3.8, 4) is 0 Å². The quantitative estimate of drug-likeness (QED) is 0.860. The molecule has 19 heavy (non-hydrogen) atoms. The van der Waals surface area contributed by atoms with Gasteiger partial charge in [0, 0.05) is 25.3 Å². The molecular weight excluding hydrogens is 247 g/mol. The molecule has 0 aliphatic rings. The lowest BCUT2D eigenvalue weighted by Crippen LogP contribution is -2.22. The molecule has 0 bridgehead atoms. The topological polar surface area (TPSA) is 61.3 Å². The molecule has 1 heterocycles. The van der Waals surface area contributed by atoms with Crippen molar-refractivity contribution in [2.24, 2.45) is 0 Å². The van der Waals surface area contributed by atoms with Crippen LogP contribution in [0.2, 0.25) is 0 Å². The van der Waals surface area contributed by atoms with Gasteiger partial charge in [-0.25, -0.2) is 14.4 Å². The van der Waals surface area contributed by atoms with Crippen molar-refractivity contribution in [2.75, 3.05) is 30.4 Å². The Morgan fingerprint density at radius 2 is 2.00 bits per heavy atom. The molecule has 2 aromatic rings. The third-order valence-corrected chi connectivity index (χ3v) is 2.60. The molecule has 0 aliphatic heterocycles. The molecule has 0 amide bonds. The highest BCUT2D eigenvalue weighted by Crippen LogP contribution is 2.17. The SMILES string of the molecule is CN(CCO)c1cc(Nc2ccc(F)cc2)ncn1. The van der Waals surface area contributed by atoms with Crippen molar-refractivity contribution < 1.29 is 9.50 Å². The van der Waals surface area contributed by atoms with E-state index in [1.807, 2.05) is 11.9 Å². The van der Waals surface area contributed by atoms with E-state index in [0.29, 0.717) is 18.2 Å². The average molecular weight is 262 g/mol. The van der Waals surface area contributed by atoms with Gasteiger partial charge in [0.25, 0.3) is 0 Å². The van der Waals surface area contributed by atoms with Crippen LogP contribution in [0.1, 0.15) is 0 Å². The molecule has 6 heteroatoms. The van der Waals surface area contributed by atoms with Gasteiger partial charge in [0.15, 0.2) is 0 Å². The summed E-state index contributed by atoms with van der Waals surface area (Å²) in [5, 5.41) is 12.0. The highest BCUT2D eigenvalue weighted by Gasteiger charge is 2.04. The Balaban J connectivity index is 2.12. The summed E-state index contributed by atoms with van der Waals surface area (Å²) in [5.74, 6) is 1.03. The fourth-order valence-electron chi connectivity index (χ4n) is 1.57. The summed E-state index contributed by atoms with van der Waals surface area (Å²) in [6, 6.07) is 7.78. The van der Waals surface area contributed by atoms with Crippen LogP contribution < -0.4 is 10.2 Å². The van der Waals surface area contributed by atoms with E-state index in [4.69, 9.17) is 5.11 Å². The number of nitrogens with one attached hydrogen (secondary N) is 1. The molecule has 0 saturated heterocycles. The van der Waals surface area contributed by atoms with Crippen molar-refractivity contribution in [3.05, 3.63) is 42.5 Å². The highest BCUT2D eigenvalue weighted by molar-refractivity contribution is 5.58. The number of likely N-dealkylation sites (N-methyl/N-ethyl adjacent to an activating group) is 1. The van der Waals surface area contributed by atoms with Crippen LogP contribution in [-0.4, -0.2) is 35.3 Å². The van der Waals surface area contributed by atoms with Gasteiger partial charge in [-0.2, -0.15) is 0 Å². The van der Waals surface area contributed by atoms with E-state index in [2.05, 4.69) is 15.3 Å². The number of hydrogen-bond acceptors (Lipinski definition) is 5. The predicted octanol–water partition coefficient (Wildman–Crippen LogP) is 1.79. The first-order valence-corrected chi connectivity index (χ1v) is 5.85. The van der Waals surface area contributed by atoms with Gasteiger partial charge >= 0.3 is 0 Å². The fraction of sp³-hybridized carbons (Fsp3) is 0.231. The number of aromatic nitrogens is 2. The van der Waals surface area contributed by atoms with Crippen LogP contribution >= 0.6 is 0 Å². The van der Waals surface area contributed by atoms with Crippen molar-refractivity contribution >= 4 is 17.3 Å². The summed E-state index contributed by atoms with van der Waals surface area (Å²) in [6.45, 7) is 0.550. The van der Waals surface area contributed by atoms with E-state index in [0.717, 1.165) is 5.69 Å². The summed E-state index contributed by atoms with van der Waals surface area (Å²) >= 11 is 0. The zero-order chi connectivity index (χ0) is 13.7. The third-order valence-electron chi connectivity index (χ3n) is 2.60. The van der Waals surface area contributed by atoms with Crippen molar-refractivity contribution in [1.82, 2.24) is 9.97 Å². The molecule has 0 spiro atoms. The number of halogens is 1. The molecule has 0 aliphatic carbocycles. The van der Waals surface area contributed by atoms with E-state index in [9.17, 15) is 4.39 Å². The van der Waals surface area contributed by atoms with Gasteiger partial charge in [-0.1, -0.05) is 0 Å². The summed E-state index contributed by atoms with van der Waals surface area (Å²) in [7, 11) is 1.83. The maximum atomic E-state index is 12.8. The van der Waals surface area contributed by atoms with Gasteiger partial charge in [-0.3, -0.25) is 0 Å². The van der Waals surface area contributed by atoms with Crippen molar-refractivity contribution in [2.45, 2.75) is 0 Å². The Kier molecular flexibility index (Phi) is 4.25. The molecule has 0 unspecified atom stereocenters. The van der Waals surface area contributed by atoms with Crippen LogP contribution in [0.4, 0.5) is 21.7 Å². The second-order valence-electron chi connectivity index (χ2n) is 4.04. The number of nitrogens with zero attached hydrogens (tertiary/aromatic N) is 3. The van der Waals surface area contributed by atoms with Gasteiger partial charge in [-0.15, -0.1) is 0 Å². The Bertz CT molecular complexity index is 532. The van der Waals surface area contributed by atoms with Gasteiger partial charge < -0.3 is 15.3 Å². The molecule has 1 aromatic carbocycles. The number of aliphatic hydroxyl groups excluding tert-OH is 1. The fourth-order valence-corrected chi connectivity index (χ4v) is 1.57. The number of anilines is 3. The van der Waals surface area contributed by atoms with E-state index in [1.54, 1.807) is 18.2 Å². The monoisotopic (exact) mass is 262 g/mol. The predicted molar refractivity (Wildman–Crippen MR) is 72.1 cm³/mol. The lowest BCUT2D eigenvalue weighted by atomic mass is 10.3. The first-order chi connectivity index (χ1) is 9.19. The summed E-state index contributed by atoms with van der Waals surface area (Å²) in [4.78, 5) is 10.0. The molecule has 0 radical (unpaired) electrons. The third kappa shape index (κ3) is 3.62. The molecule has 0 atom stereocenters. The normalized spacial score (nSPS) is 10.3. The van der Waals surface area contributed by atoms with E-state index < -0.39 is 0 Å². The summed E-state index contributed by atoms with van der Waals surface area (Å²) in [5.41, 5.74) is 0.746. The zero-order valence-electron chi connectivity index (χ0n) is 10.5. The van der Waals surface area contributed by atoms with Gasteiger partial charge in [-0.05, 0) is 24.3 Å². The van der Waals surface area contributed by atoms with Crippen LogP contribution in [0.5, 0.6) is 0 Å². The Morgan fingerprint density at radius 3 is 2.68 bits per heavy atom. The van der Waals surface area contributed by atoms with Crippen LogP contribution in [0.3, 0.4) is 0 Å². The molecule has 2 rings (SSSR count). The van der Waals surface area contributed by atoms with E-state index in [-0.39, 0.29) is 12.4 Å². The summed E-state index contributed by atoms with van der Waals surface area (Å²) < 4.78 is 12.8. The van der Waals surface area contributed by atoms with Gasteiger partial charge in [0.2, 0.25) is 0 Å². The zero-order valence-corrected chi connectivity index (χ0v) is 10.5. The first-order valence-electron chi connectivity index (χ1n) is 5.85. The Morgan fingerprint density at radius 1 is 1.26 bits per heavy atom. The maximum absolute atomic E-state index is 12.8. The smallest absolute Gasteiger partial charge is 0.135 e. The molecule has 100 valence electrons. The average Bonchev–Trinajstić information content (AvgIpc) is 2.42. The summed E-state index contributed by atoms with van der Waals surface area (Å²) in [6.07, 6.45) is 1.44. The van der Waals surface area contributed by atoms with Gasteiger partial charge in [0.05, 0.1) is 6.61 Å². The minimum atomic E-state index is -0.281. The van der Waals surface area contributed by atoms with E-state index >= 15 is 0 Å². The maximum Gasteiger partial charge on any atom is 0.135 e. The van der Waals surface area contributed by atoms with Crippen molar-refractivity contribution in [1.29, 1.82) is 0 Å². The first kappa shape index (κ1) is 13.2. The van der Waals surface area contributed by atoms with Gasteiger partial charge in [0.1, 0.15) is 23.8 Å². The number of benzene rings is 1. The lowest BCUT2D eigenvalue weighted by Gasteiger charge is -2.17. The van der Waals surface area contributed by atoms with Crippen LogP contribution in [-0.2, 0) is 0 Å².